The molecule has 1 heterocycles. The summed E-state index contributed by atoms with van der Waals surface area (Å²) in [4.78, 5) is 18.6. The zero-order valence-corrected chi connectivity index (χ0v) is 18.7. The van der Waals surface area contributed by atoms with E-state index in [1.807, 2.05) is 81.4 Å². The standard InChI is InChI=1S/C27H28N2O3/c1-27(2,3)32-26(30)29-18-24(19-29)31-23-16-14-22(15-17-23)28-25(20-10-6-4-7-11-20)21-12-8-5-9-13-21/h4-17,24H,18-19H2,1-3H3. The van der Waals surface area contributed by atoms with Crippen molar-refractivity contribution in [3.8, 4) is 5.75 Å². The van der Waals surface area contributed by atoms with Gasteiger partial charge in [0.2, 0.25) is 0 Å². The van der Waals surface area contributed by atoms with Gasteiger partial charge < -0.3 is 14.4 Å². The Kier molecular flexibility index (Phi) is 6.26. The van der Waals surface area contributed by atoms with E-state index in [1.165, 1.54) is 0 Å². The molecule has 3 aromatic rings. The van der Waals surface area contributed by atoms with Crippen LogP contribution in [0.4, 0.5) is 10.5 Å². The van der Waals surface area contributed by atoms with E-state index < -0.39 is 5.60 Å². The Morgan fingerprint density at radius 3 is 1.88 bits per heavy atom. The largest absolute Gasteiger partial charge is 0.487 e. The zero-order chi connectivity index (χ0) is 22.6. The molecule has 0 aromatic heterocycles. The Morgan fingerprint density at radius 1 is 0.844 bits per heavy atom. The van der Waals surface area contributed by atoms with Gasteiger partial charge in [0, 0.05) is 11.1 Å². The van der Waals surface area contributed by atoms with Crippen LogP contribution in [0.2, 0.25) is 0 Å². The van der Waals surface area contributed by atoms with Crippen molar-refractivity contribution in [2.45, 2.75) is 32.5 Å². The molecule has 1 aliphatic heterocycles. The molecule has 0 N–H and O–H groups in total. The molecule has 0 spiro atoms. The molecule has 32 heavy (non-hydrogen) atoms. The average molecular weight is 429 g/mol. The second-order valence-electron chi connectivity index (χ2n) is 8.81. The maximum absolute atomic E-state index is 12.1. The summed E-state index contributed by atoms with van der Waals surface area (Å²) in [5.41, 5.74) is 3.42. The van der Waals surface area contributed by atoms with E-state index in [2.05, 4.69) is 24.3 Å². The molecule has 1 fully saturated rings. The molecule has 0 unspecified atom stereocenters. The molecular weight excluding hydrogens is 400 g/mol. The van der Waals surface area contributed by atoms with Crippen molar-refractivity contribution < 1.29 is 14.3 Å². The number of likely N-dealkylation sites (tertiary alicyclic amines) is 1. The normalized spacial score (nSPS) is 13.8. The summed E-state index contributed by atoms with van der Waals surface area (Å²) >= 11 is 0. The highest BCUT2D eigenvalue weighted by Crippen LogP contribution is 2.24. The fourth-order valence-corrected chi connectivity index (χ4v) is 3.40. The van der Waals surface area contributed by atoms with E-state index in [4.69, 9.17) is 14.5 Å². The lowest BCUT2D eigenvalue weighted by Crippen LogP contribution is -2.57. The molecule has 1 amide bonds. The summed E-state index contributed by atoms with van der Waals surface area (Å²) in [6.07, 6.45) is -0.322. The molecule has 0 saturated carbocycles. The predicted octanol–water partition coefficient (Wildman–Crippen LogP) is 5.85. The van der Waals surface area contributed by atoms with E-state index in [-0.39, 0.29) is 12.2 Å². The van der Waals surface area contributed by atoms with Crippen molar-refractivity contribution in [1.82, 2.24) is 4.90 Å². The Labute approximate surface area is 189 Å². The van der Waals surface area contributed by atoms with Crippen molar-refractivity contribution in [3.05, 3.63) is 96.1 Å². The highest BCUT2D eigenvalue weighted by Gasteiger charge is 2.35. The number of carbonyl (C=O) groups is 1. The van der Waals surface area contributed by atoms with E-state index in [1.54, 1.807) is 4.90 Å². The summed E-state index contributed by atoms with van der Waals surface area (Å²) in [5.74, 6) is 0.763. The van der Waals surface area contributed by atoms with Crippen molar-refractivity contribution in [1.29, 1.82) is 0 Å². The SMILES string of the molecule is CC(C)(C)OC(=O)N1CC(Oc2ccc(N=C(c3ccccc3)c3ccccc3)cc2)C1. The van der Waals surface area contributed by atoms with Gasteiger partial charge in [0.1, 0.15) is 17.5 Å². The fraction of sp³-hybridized carbons (Fsp3) is 0.259. The third-order valence-electron chi connectivity index (χ3n) is 4.97. The monoisotopic (exact) mass is 428 g/mol. The molecule has 1 aliphatic rings. The lowest BCUT2D eigenvalue weighted by molar-refractivity contribution is -0.0221. The second kappa shape index (κ2) is 9.27. The molecule has 5 nitrogen and oxygen atoms in total. The van der Waals surface area contributed by atoms with Gasteiger partial charge in [-0.2, -0.15) is 0 Å². The van der Waals surface area contributed by atoms with Crippen molar-refractivity contribution in [3.63, 3.8) is 0 Å². The summed E-state index contributed by atoms with van der Waals surface area (Å²) in [6, 6.07) is 28.1. The van der Waals surface area contributed by atoms with Crippen molar-refractivity contribution in [2.75, 3.05) is 13.1 Å². The molecule has 1 saturated heterocycles. The van der Waals surface area contributed by atoms with Crippen molar-refractivity contribution >= 4 is 17.5 Å². The first-order valence-corrected chi connectivity index (χ1v) is 10.8. The molecule has 3 aromatic carbocycles. The topological polar surface area (TPSA) is 51.1 Å². The minimum absolute atomic E-state index is 0.0268. The molecule has 0 aliphatic carbocycles. The average Bonchev–Trinajstić information content (AvgIpc) is 2.75. The zero-order valence-electron chi connectivity index (χ0n) is 18.7. The first kappa shape index (κ1) is 21.6. The van der Waals surface area contributed by atoms with Gasteiger partial charge in [-0.25, -0.2) is 9.79 Å². The molecule has 0 bridgehead atoms. The van der Waals surface area contributed by atoms with Gasteiger partial charge in [0.25, 0.3) is 0 Å². The number of amides is 1. The maximum Gasteiger partial charge on any atom is 0.410 e. The van der Waals surface area contributed by atoms with Crippen LogP contribution in [-0.2, 0) is 4.74 Å². The van der Waals surface area contributed by atoms with E-state index in [0.29, 0.717) is 13.1 Å². The molecular formula is C27H28N2O3. The summed E-state index contributed by atoms with van der Waals surface area (Å²) in [6.45, 7) is 6.65. The van der Waals surface area contributed by atoms with Gasteiger partial charge in [-0.1, -0.05) is 60.7 Å². The smallest absolute Gasteiger partial charge is 0.410 e. The van der Waals surface area contributed by atoms with Gasteiger partial charge in [-0.05, 0) is 45.0 Å². The number of hydrogen-bond donors (Lipinski definition) is 0. The van der Waals surface area contributed by atoms with E-state index in [0.717, 1.165) is 28.3 Å². The number of nitrogens with zero attached hydrogens (tertiary/aromatic N) is 2. The number of benzene rings is 3. The Bertz CT molecular complexity index is 1020. The molecule has 5 heteroatoms. The predicted molar refractivity (Wildman–Crippen MR) is 127 cm³/mol. The second-order valence-corrected chi connectivity index (χ2v) is 8.81. The Morgan fingerprint density at radius 2 is 1.38 bits per heavy atom. The lowest BCUT2D eigenvalue weighted by Gasteiger charge is -2.39. The van der Waals surface area contributed by atoms with Gasteiger partial charge in [0.15, 0.2) is 0 Å². The van der Waals surface area contributed by atoms with Gasteiger partial charge in [-0.3, -0.25) is 0 Å². The third kappa shape index (κ3) is 5.55. The first-order valence-electron chi connectivity index (χ1n) is 10.8. The van der Waals surface area contributed by atoms with Crippen LogP contribution in [0.25, 0.3) is 0 Å². The van der Waals surface area contributed by atoms with Crippen LogP contribution in [0.5, 0.6) is 5.75 Å². The summed E-state index contributed by atoms with van der Waals surface area (Å²) in [5, 5.41) is 0. The lowest BCUT2D eigenvalue weighted by atomic mass is 10.0. The minimum Gasteiger partial charge on any atom is -0.487 e. The highest BCUT2D eigenvalue weighted by molar-refractivity contribution is 6.13. The summed E-state index contributed by atoms with van der Waals surface area (Å²) in [7, 11) is 0. The molecule has 4 rings (SSSR count). The van der Waals surface area contributed by atoms with E-state index >= 15 is 0 Å². The maximum atomic E-state index is 12.1. The number of carbonyl (C=O) groups excluding carboxylic acids is 1. The van der Waals surface area contributed by atoms with Crippen LogP contribution in [0, 0.1) is 0 Å². The van der Waals surface area contributed by atoms with Crippen LogP contribution in [0.3, 0.4) is 0 Å². The van der Waals surface area contributed by atoms with Crippen LogP contribution in [-0.4, -0.2) is 41.5 Å². The fourth-order valence-electron chi connectivity index (χ4n) is 3.40. The van der Waals surface area contributed by atoms with Crippen LogP contribution in [0.15, 0.2) is 89.9 Å². The van der Waals surface area contributed by atoms with Gasteiger partial charge in [-0.15, -0.1) is 0 Å². The highest BCUT2D eigenvalue weighted by atomic mass is 16.6. The molecule has 0 radical (unpaired) electrons. The Balaban J connectivity index is 1.42. The number of hydrogen-bond acceptors (Lipinski definition) is 4. The quantitative estimate of drug-likeness (QED) is 0.479. The van der Waals surface area contributed by atoms with Gasteiger partial charge in [0.05, 0.1) is 24.5 Å². The first-order chi connectivity index (χ1) is 15.4. The third-order valence-corrected chi connectivity index (χ3v) is 4.97. The van der Waals surface area contributed by atoms with Crippen molar-refractivity contribution in [2.24, 2.45) is 4.99 Å². The molecule has 0 atom stereocenters. The Hall–Kier alpha value is -3.60. The van der Waals surface area contributed by atoms with Gasteiger partial charge >= 0.3 is 6.09 Å². The number of ether oxygens (including phenoxy) is 2. The number of aliphatic imine (C=N–C) groups is 1. The van der Waals surface area contributed by atoms with Crippen LogP contribution >= 0.6 is 0 Å². The van der Waals surface area contributed by atoms with Crippen LogP contribution in [0.1, 0.15) is 31.9 Å². The van der Waals surface area contributed by atoms with E-state index in [9.17, 15) is 4.79 Å². The summed E-state index contributed by atoms with van der Waals surface area (Å²) < 4.78 is 11.4. The number of rotatable bonds is 5. The molecule has 164 valence electrons. The van der Waals surface area contributed by atoms with Crippen LogP contribution < -0.4 is 4.74 Å². The minimum atomic E-state index is -0.488.